The zero-order valence-corrected chi connectivity index (χ0v) is 7.63. The van der Waals surface area contributed by atoms with Crippen LogP contribution in [0.4, 0.5) is 4.39 Å². The van der Waals surface area contributed by atoms with Crippen LogP contribution in [0.2, 0.25) is 0 Å². The lowest BCUT2D eigenvalue weighted by molar-refractivity contribution is 0.632. The van der Waals surface area contributed by atoms with Gasteiger partial charge in [-0.05, 0) is 23.6 Å². The van der Waals surface area contributed by atoms with Crippen molar-refractivity contribution in [2.45, 2.75) is 19.8 Å². The molecular formula is C10H11FN2. The van der Waals surface area contributed by atoms with Crippen molar-refractivity contribution in [2.75, 3.05) is 0 Å². The van der Waals surface area contributed by atoms with Gasteiger partial charge in [-0.15, -0.1) is 0 Å². The minimum absolute atomic E-state index is 0.223. The monoisotopic (exact) mass is 178 g/mol. The predicted molar refractivity (Wildman–Crippen MR) is 50.1 cm³/mol. The predicted octanol–water partition coefficient (Wildman–Crippen LogP) is 2.83. The Balaban J connectivity index is 2.70. The Morgan fingerprint density at radius 2 is 2.15 bits per heavy atom. The maximum Gasteiger partial charge on any atom is 0.149 e. The summed E-state index contributed by atoms with van der Waals surface area (Å²) in [6.07, 6.45) is 1.64. The zero-order chi connectivity index (χ0) is 9.42. The highest BCUT2D eigenvalue weighted by Crippen LogP contribution is 2.22. The molecule has 1 aromatic heterocycles. The normalized spacial score (nSPS) is 11.4. The van der Waals surface area contributed by atoms with Crippen molar-refractivity contribution in [3.63, 3.8) is 0 Å². The molecule has 0 fully saturated rings. The highest BCUT2D eigenvalue weighted by atomic mass is 19.1. The number of halogens is 1. The van der Waals surface area contributed by atoms with Gasteiger partial charge in [0.05, 0.1) is 6.20 Å². The third-order valence-electron chi connectivity index (χ3n) is 2.19. The fourth-order valence-electron chi connectivity index (χ4n) is 1.37. The molecule has 2 aromatic rings. The smallest absolute Gasteiger partial charge is 0.149 e. The van der Waals surface area contributed by atoms with Crippen molar-refractivity contribution in [2.24, 2.45) is 0 Å². The van der Waals surface area contributed by atoms with Gasteiger partial charge in [0, 0.05) is 5.39 Å². The third-order valence-corrected chi connectivity index (χ3v) is 2.19. The lowest BCUT2D eigenvalue weighted by atomic mass is 10.0. The molecule has 2 rings (SSSR count). The molecule has 0 aliphatic heterocycles. The number of rotatable bonds is 1. The second-order valence-electron chi connectivity index (χ2n) is 3.49. The van der Waals surface area contributed by atoms with Crippen LogP contribution >= 0.6 is 0 Å². The summed E-state index contributed by atoms with van der Waals surface area (Å²) in [4.78, 5) is 0. The average Bonchev–Trinajstić information content (AvgIpc) is 2.51. The molecule has 0 saturated heterocycles. The average molecular weight is 178 g/mol. The first-order valence-corrected chi connectivity index (χ1v) is 4.31. The number of aromatic nitrogens is 2. The molecule has 13 heavy (non-hydrogen) atoms. The molecule has 0 atom stereocenters. The van der Waals surface area contributed by atoms with Gasteiger partial charge in [-0.2, -0.15) is 5.10 Å². The molecule has 0 radical (unpaired) electrons. The first-order valence-electron chi connectivity index (χ1n) is 4.31. The second-order valence-corrected chi connectivity index (χ2v) is 3.49. The van der Waals surface area contributed by atoms with Crippen molar-refractivity contribution >= 4 is 10.9 Å². The molecule has 0 saturated carbocycles. The van der Waals surface area contributed by atoms with Crippen LogP contribution in [0.1, 0.15) is 25.3 Å². The molecule has 3 heteroatoms. The molecule has 1 N–H and O–H groups in total. The molecule has 2 nitrogen and oxygen atoms in total. The molecule has 0 unspecified atom stereocenters. The summed E-state index contributed by atoms with van der Waals surface area (Å²) < 4.78 is 13.4. The topological polar surface area (TPSA) is 28.7 Å². The molecule has 1 heterocycles. The van der Waals surface area contributed by atoms with Crippen molar-refractivity contribution in [1.82, 2.24) is 10.2 Å². The van der Waals surface area contributed by atoms with E-state index in [-0.39, 0.29) is 5.82 Å². The lowest BCUT2D eigenvalue weighted by Gasteiger charge is -2.04. The molecule has 68 valence electrons. The molecule has 0 aliphatic carbocycles. The van der Waals surface area contributed by atoms with Gasteiger partial charge >= 0.3 is 0 Å². The first kappa shape index (κ1) is 8.23. The van der Waals surface area contributed by atoms with E-state index >= 15 is 0 Å². The van der Waals surface area contributed by atoms with Crippen LogP contribution in [0.3, 0.4) is 0 Å². The maximum atomic E-state index is 13.4. The fraction of sp³-hybridized carbons (Fsp3) is 0.300. The number of fused-ring (bicyclic) bond motifs is 1. The van der Waals surface area contributed by atoms with Gasteiger partial charge in [0.15, 0.2) is 0 Å². The molecule has 0 amide bonds. The Labute approximate surface area is 75.8 Å². The van der Waals surface area contributed by atoms with E-state index in [9.17, 15) is 4.39 Å². The minimum atomic E-state index is -0.223. The minimum Gasteiger partial charge on any atom is -0.275 e. The van der Waals surface area contributed by atoms with Gasteiger partial charge in [-0.1, -0.05) is 13.8 Å². The van der Waals surface area contributed by atoms with Crippen molar-refractivity contribution in [1.29, 1.82) is 0 Å². The van der Waals surface area contributed by atoms with Gasteiger partial charge < -0.3 is 0 Å². The van der Waals surface area contributed by atoms with Gasteiger partial charge in [0.1, 0.15) is 11.3 Å². The SMILES string of the molecule is CC(C)c1cc(F)c2[nH]ncc2c1. The largest absolute Gasteiger partial charge is 0.275 e. The zero-order valence-electron chi connectivity index (χ0n) is 7.63. The highest BCUT2D eigenvalue weighted by molar-refractivity contribution is 5.79. The van der Waals surface area contributed by atoms with Gasteiger partial charge in [0.25, 0.3) is 0 Å². The molecule has 1 aromatic carbocycles. The Morgan fingerprint density at radius 3 is 2.85 bits per heavy atom. The number of nitrogens with one attached hydrogen (secondary N) is 1. The summed E-state index contributed by atoms with van der Waals surface area (Å²) in [6.45, 7) is 4.08. The fourth-order valence-corrected chi connectivity index (χ4v) is 1.37. The molecule has 0 bridgehead atoms. The van der Waals surface area contributed by atoms with Crippen LogP contribution in [0.25, 0.3) is 10.9 Å². The molecule has 0 spiro atoms. The summed E-state index contributed by atoms with van der Waals surface area (Å²) in [5.41, 5.74) is 1.50. The first-order chi connectivity index (χ1) is 6.18. The van der Waals surface area contributed by atoms with Crippen LogP contribution in [0.15, 0.2) is 18.3 Å². The van der Waals surface area contributed by atoms with Crippen LogP contribution in [-0.4, -0.2) is 10.2 Å². The van der Waals surface area contributed by atoms with E-state index in [1.807, 2.05) is 19.9 Å². The van der Waals surface area contributed by atoms with E-state index in [4.69, 9.17) is 0 Å². The summed E-state index contributed by atoms with van der Waals surface area (Å²) in [6, 6.07) is 3.53. The Bertz CT molecular complexity index is 431. The molecule has 0 aliphatic rings. The van der Waals surface area contributed by atoms with E-state index in [0.29, 0.717) is 11.4 Å². The quantitative estimate of drug-likeness (QED) is 0.714. The number of nitrogens with zero attached hydrogens (tertiary/aromatic N) is 1. The van der Waals surface area contributed by atoms with Crippen molar-refractivity contribution in [3.05, 3.63) is 29.7 Å². The number of H-pyrrole nitrogens is 1. The van der Waals surface area contributed by atoms with Crippen molar-refractivity contribution in [3.8, 4) is 0 Å². The number of hydrogen-bond acceptors (Lipinski definition) is 1. The lowest BCUT2D eigenvalue weighted by Crippen LogP contribution is -1.89. The van der Waals surface area contributed by atoms with Gasteiger partial charge in [0.2, 0.25) is 0 Å². The summed E-state index contributed by atoms with van der Waals surface area (Å²) in [5.74, 6) is 0.118. The number of benzene rings is 1. The van der Waals surface area contributed by atoms with Crippen LogP contribution in [0, 0.1) is 5.82 Å². The van der Waals surface area contributed by atoms with E-state index < -0.39 is 0 Å². The van der Waals surface area contributed by atoms with Crippen LogP contribution in [-0.2, 0) is 0 Å². The van der Waals surface area contributed by atoms with E-state index in [2.05, 4.69) is 10.2 Å². The van der Waals surface area contributed by atoms with E-state index in [1.54, 1.807) is 12.3 Å². The Kier molecular flexibility index (Phi) is 1.79. The second kappa shape index (κ2) is 2.83. The number of aromatic amines is 1. The van der Waals surface area contributed by atoms with Crippen LogP contribution < -0.4 is 0 Å². The number of hydrogen-bond donors (Lipinski definition) is 1. The van der Waals surface area contributed by atoms with Gasteiger partial charge in [-0.25, -0.2) is 4.39 Å². The summed E-state index contributed by atoms with van der Waals surface area (Å²) in [5, 5.41) is 7.26. The highest BCUT2D eigenvalue weighted by Gasteiger charge is 2.07. The summed E-state index contributed by atoms with van der Waals surface area (Å²) in [7, 11) is 0. The Hall–Kier alpha value is -1.38. The third kappa shape index (κ3) is 1.30. The summed E-state index contributed by atoms with van der Waals surface area (Å²) >= 11 is 0. The van der Waals surface area contributed by atoms with E-state index in [0.717, 1.165) is 10.9 Å². The maximum absolute atomic E-state index is 13.4. The van der Waals surface area contributed by atoms with Crippen molar-refractivity contribution < 1.29 is 4.39 Å². The Morgan fingerprint density at radius 1 is 1.38 bits per heavy atom. The van der Waals surface area contributed by atoms with Crippen LogP contribution in [0.5, 0.6) is 0 Å². The molecular weight excluding hydrogens is 167 g/mol. The standard InChI is InChI=1S/C10H11FN2/c1-6(2)7-3-8-5-12-13-10(8)9(11)4-7/h3-6H,1-2H3,(H,12,13). The van der Waals surface area contributed by atoms with Gasteiger partial charge in [-0.3, -0.25) is 5.10 Å². The van der Waals surface area contributed by atoms with E-state index in [1.165, 1.54) is 0 Å².